The molecule has 3 aromatic heterocycles. The van der Waals surface area contributed by atoms with Crippen molar-refractivity contribution >= 4 is 46.3 Å². The molecule has 62 heavy (non-hydrogen) atoms. The van der Waals surface area contributed by atoms with Crippen LogP contribution < -0.4 is 16.1 Å². The number of carbonyl (C=O) groups is 4. The van der Waals surface area contributed by atoms with Crippen LogP contribution in [-0.4, -0.2) is 115 Å². The maximum absolute atomic E-state index is 13.9. The Labute approximate surface area is 371 Å². The molecule has 4 atom stereocenters. The summed E-state index contributed by atoms with van der Waals surface area (Å²) in [4.78, 5) is 61.1. The Morgan fingerprint density at radius 2 is 1.90 bits per heavy atom. The number of rotatable bonds is 17. The van der Waals surface area contributed by atoms with E-state index in [0.29, 0.717) is 18.9 Å². The Morgan fingerprint density at radius 3 is 2.50 bits per heavy atom. The van der Waals surface area contributed by atoms with Crippen molar-refractivity contribution in [2.75, 3.05) is 54.0 Å². The third kappa shape index (κ3) is 12.1. The number of hydrogen-bond donors (Lipinski definition) is 3. The van der Waals surface area contributed by atoms with Crippen molar-refractivity contribution in [3.63, 3.8) is 0 Å². The van der Waals surface area contributed by atoms with Crippen LogP contribution in [-0.2, 0) is 48.0 Å². The number of amides is 2. The van der Waals surface area contributed by atoms with Crippen molar-refractivity contribution in [2.24, 2.45) is 17.3 Å². The van der Waals surface area contributed by atoms with E-state index in [-0.39, 0.29) is 54.3 Å². The third-order valence-corrected chi connectivity index (χ3v) is 12.5. The summed E-state index contributed by atoms with van der Waals surface area (Å²) in [7, 11) is 5.46. The van der Waals surface area contributed by atoms with E-state index in [4.69, 9.17) is 19.4 Å². The van der Waals surface area contributed by atoms with E-state index in [9.17, 15) is 19.2 Å². The summed E-state index contributed by atoms with van der Waals surface area (Å²) in [5.74, 6) is -0.259. The summed E-state index contributed by atoms with van der Waals surface area (Å²) in [6.07, 6.45) is 6.46. The average molecular weight is 873 g/mol. The van der Waals surface area contributed by atoms with Crippen LogP contribution >= 0.6 is 11.3 Å². The number of hydrogen-bond acceptors (Lipinski definition) is 12. The van der Waals surface area contributed by atoms with Crippen LogP contribution in [0.1, 0.15) is 90.1 Å². The Kier molecular flexibility index (Phi) is 17.4. The maximum Gasteiger partial charge on any atom is 0.302 e. The number of carbonyl (C=O) groups excluding carboxylic acids is 4. The van der Waals surface area contributed by atoms with Gasteiger partial charge in [-0.2, -0.15) is 0 Å². The highest BCUT2D eigenvalue weighted by Gasteiger charge is 2.33. The van der Waals surface area contributed by atoms with Gasteiger partial charge in [-0.3, -0.25) is 29.3 Å². The van der Waals surface area contributed by atoms with Crippen molar-refractivity contribution in [2.45, 2.75) is 105 Å². The number of ether oxygens (including phenoxy) is 2. The number of esters is 1. The Morgan fingerprint density at radius 1 is 1.13 bits per heavy atom. The lowest BCUT2D eigenvalue weighted by Gasteiger charge is -2.33. The van der Waals surface area contributed by atoms with Crippen LogP contribution in [0.25, 0.3) is 33.4 Å². The number of nitrogens with one attached hydrogen (secondary N) is 3. The topological polar surface area (TPSA) is 160 Å². The van der Waals surface area contributed by atoms with Crippen molar-refractivity contribution in [3.05, 3.63) is 58.2 Å². The van der Waals surface area contributed by atoms with Crippen molar-refractivity contribution < 1.29 is 28.7 Å². The standard InChI is InChI=1S/C42H59N7O5S.C5H9NO/c1-11-48-35-17-16-29(21-31(35)32(23-42(6,7)25-54-28(5)50)39(48)30-15-14-18-43-37(30)27(4)53-10)34-24-55-36(45-34)22-33(41(52)49-20-13-12-19-44-49)46-40(51)38(26(2)3)47(8)9;7-4-5-1-2-6-3-5/h14-18,21,24,26-27,33,38,44H,11-13,19-20,22-23,25H2,1-10H3,(H,46,51);4-6H,1-3H2. The number of aryl methyl sites for hydroxylation is 1. The second-order valence-electron chi connectivity index (χ2n) is 17.8. The number of thiazole rings is 1. The fourth-order valence-corrected chi connectivity index (χ4v) is 9.29. The summed E-state index contributed by atoms with van der Waals surface area (Å²) in [6, 6.07) is 9.36. The molecular weight excluding hydrogens is 805 g/mol. The van der Waals surface area contributed by atoms with Crippen molar-refractivity contribution in [1.29, 1.82) is 0 Å². The number of benzene rings is 1. The van der Waals surface area contributed by atoms with Gasteiger partial charge in [0.15, 0.2) is 0 Å². The van der Waals surface area contributed by atoms with Gasteiger partial charge in [0, 0.05) is 91.6 Å². The van der Waals surface area contributed by atoms with Gasteiger partial charge in [-0.25, -0.2) is 10.4 Å². The normalized spacial score (nSPS) is 17.1. The fourth-order valence-electron chi connectivity index (χ4n) is 8.44. The van der Waals surface area contributed by atoms with Crippen LogP contribution in [0.3, 0.4) is 0 Å². The maximum atomic E-state index is 13.9. The van der Waals surface area contributed by atoms with E-state index in [2.05, 4.69) is 65.7 Å². The molecule has 6 rings (SSSR count). The summed E-state index contributed by atoms with van der Waals surface area (Å²) in [5.41, 5.74) is 9.73. The lowest BCUT2D eigenvalue weighted by molar-refractivity contribution is -0.144. The molecule has 3 N–H and O–H groups in total. The molecule has 2 amide bonds. The predicted octanol–water partition coefficient (Wildman–Crippen LogP) is 6.22. The average Bonchev–Trinajstić information content (AvgIpc) is 4.02. The minimum atomic E-state index is -0.767. The molecule has 4 unspecified atom stereocenters. The van der Waals surface area contributed by atoms with Gasteiger partial charge in [0.05, 0.1) is 40.8 Å². The highest BCUT2D eigenvalue weighted by molar-refractivity contribution is 7.10. The molecular formula is C47H68N8O6S. The molecule has 2 aliphatic rings. The van der Waals surface area contributed by atoms with Gasteiger partial charge in [-0.1, -0.05) is 33.8 Å². The third-order valence-electron chi connectivity index (χ3n) is 11.6. The largest absolute Gasteiger partial charge is 0.465 e. The molecule has 0 aliphatic carbocycles. The first-order valence-corrected chi connectivity index (χ1v) is 22.9. The number of aldehydes is 1. The number of nitrogens with zero attached hydrogens (tertiary/aromatic N) is 5. The van der Waals surface area contributed by atoms with Crippen LogP contribution in [0.4, 0.5) is 0 Å². The molecule has 338 valence electrons. The van der Waals surface area contributed by atoms with Crippen LogP contribution in [0.15, 0.2) is 41.9 Å². The molecule has 0 bridgehead atoms. The SMILES string of the molecule is CCn1c(-c2cccnc2C(C)OC)c(CC(C)(C)COC(C)=O)c2cc(-c3csc(CC(NC(=O)C(C(C)C)N(C)C)C(=O)N4CCCCN4)n3)ccc21.O=CC1CCNC1. The molecule has 2 fully saturated rings. The van der Waals surface area contributed by atoms with Gasteiger partial charge in [0.25, 0.3) is 5.91 Å². The lowest BCUT2D eigenvalue weighted by atomic mass is 9.84. The van der Waals surface area contributed by atoms with Gasteiger partial charge in [-0.15, -0.1) is 11.3 Å². The van der Waals surface area contributed by atoms with E-state index < -0.39 is 6.04 Å². The van der Waals surface area contributed by atoms with E-state index in [1.807, 2.05) is 51.2 Å². The minimum absolute atomic E-state index is 0.0635. The molecule has 14 nitrogen and oxygen atoms in total. The molecule has 4 aromatic rings. The second kappa shape index (κ2) is 22.2. The first-order valence-electron chi connectivity index (χ1n) is 22.0. The first kappa shape index (κ1) is 48.5. The second-order valence-corrected chi connectivity index (χ2v) is 18.7. The van der Waals surface area contributed by atoms with E-state index >= 15 is 0 Å². The van der Waals surface area contributed by atoms with Gasteiger partial charge >= 0.3 is 5.97 Å². The van der Waals surface area contributed by atoms with Crippen LogP contribution in [0.5, 0.6) is 0 Å². The molecule has 1 aromatic carbocycles. The number of hydrazine groups is 1. The number of aromatic nitrogens is 3. The number of pyridine rings is 1. The highest BCUT2D eigenvalue weighted by atomic mass is 32.1. The van der Waals surface area contributed by atoms with Crippen molar-refractivity contribution in [1.82, 2.24) is 40.5 Å². The molecule has 15 heteroatoms. The zero-order chi connectivity index (χ0) is 45.1. The van der Waals surface area contributed by atoms with E-state index in [1.165, 1.54) is 18.3 Å². The Hall–Kier alpha value is -4.54. The zero-order valence-corrected chi connectivity index (χ0v) is 39.2. The molecule has 0 saturated carbocycles. The zero-order valence-electron chi connectivity index (χ0n) is 38.4. The van der Waals surface area contributed by atoms with E-state index in [1.54, 1.807) is 18.3 Å². The monoisotopic (exact) mass is 872 g/mol. The van der Waals surface area contributed by atoms with Crippen LogP contribution in [0.2, 0.25) is 0 Å². The summed E-state index contributed by atoms with van der Waals surface area (Å²) >= 11 is 1.49. The van der Waals surface area contributed by atoms with Gasteiger partial charge in [-0.05, 0) is 95.9 Å². The molecule has 0 spiro atoms. The first-order chi connectivity index (χ1) is 29.6. The Balaban J connectivity index is 0.000000941. The van der Waals surface area contributed by atoms with Crippen molar-refractivity contribution in [3.8, 4) is 22.5 Å². The number of likely N-dealkylation sites (N-methyl/N-ethyl adjacent to an activating group) is 1. The minimum Gasteiger partial charge on any atom is -0.465 e. The van der Waals surface area contributed by atoms with Gasteiger partial charge in [0.2, 0.25) is 5.91 Å². The fraction of sp³-hybridized carbons (Fsp3) is 0.574. The summed E-state index contributed by atoms with van der Waals surface area (Å²) < 4.78 is 13.6. The van der Waals surface area contributed by atoms with Gasteiger partial charge in [0.1, 0.15) is 12.3 Å². The smallest absolute Gasteiger partial charge is 0.302 e. The Bertz CT molecular complexity index is 2130. The summed E-state index contributed by atoms with van der Waals surface area (Å²) in [6.45, 7) is 18.1. The summed E-state index contributed by atoms with van der Waals surface area (Å²) in [5, 5.41) is 11.7. The highest BCUT2D eigenvalue weighted by Crippen LogP contribution is 2.42. The molecule has 5 heterocycles. The molecule has 2 saturated heterocycles. The van der Waals surface area contributed by atoms with Crippen LogP contribution in [0, 0.1) is 17.3 Å². The molecule has 0 radical (unpaired) electrons. The quantitative estimate of drug-likeness (QED) is 0.0817. The molecule has 2 aliphatic heterocycles. The lowest BCUT2D eigenvalue weighted by Crippen LogP contribution is -2.58. The van der Waals surface area contributed by atoms with E-state index in [0.717, 1.165) is 101 Å². The predicted molar refractivity (Wildman–Crippen MR) is 245 cm³/mol. The number of methoxy groups -OCH3 is 1. The van der Waals surface area contributed by atoms with Gasteiger partial charge < -0.3 is 29.5 Å². The number of fused-ring (bicyclic) bond motifs is 1.